The molecule has 0 bridgehead atoms. The molecule has 1 aliphatic heterocycles. The van der Waals surface area contributed by atoms with E-state index in [-0.39, 0.29) is 0 Å². The van der Waals surface area contributed by atoms with Crippen LogP contribution in [0.5, 0.6) is 0 Å². The molecule has 94 valence electrons. The maximum Gasteiger partial charge on any atom is 0.243 e. The molecule has 1 aromatic carbocycles. The summed E-state index contributed by atoms with van der Waals surface area (Å²) in [6, 6.07) is 7.07. The Morgan fingerprint density at radius 2 is 1.94 bits per heavy atom. The molecule has 0 aliphatic carbocycles. The van der Waals surface area contributed by atoms with Crippen LogP contribution in [0, 0.1) is 6.92 Å². The standard InChI is InChI=1S/C12H17NO2S2/c1-10-3-5-12(6-4-10)17(14,15)13-7-8-16-11(2)9-13/h3-6,11H,7-9H2,1-2H3/t11-/m1/s1. The summed E-state index contributed by atoms with van der Waals surface area (Å²) in [5.41, 5.74) is 1.08. The maximum atomic E-state index is 12.4. The van der Waals surface area contributed by atoms with E-state index >= 15 is 0 Å². The molecular formula is C12H17NO2S2. The summed E-state index contributed by atoms with van der Waals surface area (Å²) < 4.78 is 26.3. The number of hydrogen-bond acceptors (Lipinski definition) is 3. The lowest BCUT2D eigenvalue weighted by Gasteiger charge is -2.29. The molecule has 17 heavy (non-hydrogen) atoms. The second-order valence-corrected chi connectivity index (χ2v) is 7.84. The second-order valence-electron chi connectivity index (χ2n) is 4.36. The van der Waals surface area contributed by atoms with Crippen LogP contribution in [0.2, 0.25) is 0 Å². The van der Waals surface area contributed by atoms with Crippen LogP contribution in [0.4, 0.5) is 0 Å². The van der Waals surface area contributed by atoms with Crippen LogP contribution >= 0.6 is 11.8 Å². The lowest BCUT2D eigenvalue weighted by molar-refractivity contribution is 0.424. The minimum atomic E-state index is -3.29. The Bertz CT molecular complexity index is 482. The SMILES string of the molecule is Cc1ccc(S(=O)(=O)N2CCS[C@H](C)C2)cc1. The highest BCUT2D eigenvalue weighted by Crippen LogP contribution is 2.24. The first-order chi connectivity index (χ1) is 8.00. The van der Waals surface area contributed by atoms with Crippen LogP contribution in [0.15, 0.2) is 29.2 Å². The Labute approximate surface area is 107 Å². The number of benzene rings is 1. The molecule has 1 fully saturated rings. The number of rotatable bonds is 2. The molecule has 2 rings (SSSR count). The zero-order chi connectivity index (χ0) is 12.5. The smallest absolute Gasteiger partial charge is 0.207 e. The molecular weight excluding hydrogens is 254 g/mol. The lowest BCUT2D eigenvalue weighted by Crippen LogP contribution is -2.40. The Hall–Kier alpha value is -0.520. The molecule has 3 nitrogen and oxygen atoms in total. The van der Waals surface area contributed by atoms with E-state index in [0.29, 0.717) is 23.2 Å². The van der Waals surface area contributed by atoms with Gasteiger partial charge in [-0.2, -0.15) is 16.1 Å². The topological polar surface area (TPSA) is 37.4 Å². The molecule has 1 aromatic rings. The first kappa shape index (κ1) is 12.9. The summed E-state index contributed by atoms with van der Waals surface area (Å²) in [5.74, 6) is 0.881. The van der Waals surface area contributed by atoms with Gasteiger partial charge in [-0.3, -0.25) is 0 Å². The van der Waals surface area contributed by atoms with Gasteiger partial charge in [-0.25, -0.2) is 8.42 Å². The van der Waals surface area contributed by atoms with E-state index in [0.717, 1.165) is 11.3 Å². The predicted molar refractivity (Wildman–Crippen MR) is 71.9 cm³/mol. The van der Waals surface area contributed by atoms with Crippen molar-refractivity contribution in [3.05, 3.63) is 29.8 Å². The maximum absolute atomic E-state index is 12.4. The Kier molecular flexibility index (Phi) is 3.80. The zero-order valence-electron chi connectivity index (χ0n) is 10.1. The van der Waals surface area contributed by atoms with Gasteiger partial charge in [-0.05, 0) is 19.1 Å². The van der Waals surface area contributed by atoms with Gasteiger partial charge in [0.25, 0.3) is 0 Å². The van der Waals surface area contributed by atoms with E-state index in [1.165, 1.54) is 0 Å². The van der Waals surface area contributed by atoms with Gasteiger partial charge in [0.2, 0.25) is 10.0 Å². The Morgan fingerprint density at radius 3 is 2.53 bits per heavy atom. The van der Waals surface area contributed by atoms with Gasteiger partial charge >= 0.3 is 0 Å². The minimum absolute atomic E-state index is 0.379. The lowest BCUT2D eigenvalue weighted by atomic mass is 10.2. The highest BCUT2D eigenvalue weighted by molar-refractivity contribution is 8.00. The number of aryl methyl sites for hydroxylation is 1. The van der Waals surface area contributed by atoms with Crippen molar-refractivity contribution in [1.29, 1.82) is 0 Å². The second kappa shape index (κ2) is 5.00. The molecule has 1 aliphatic rings. The van der Waals surface area contributed by atoms with Crippen LogP contribution in [-0.2, 0) is 10.0 Å². The van der Waals surface area contributed by atoms with Gasteiger partial charge in [-0.1, -0.05) is 24.6 Å². The van der Waals surface area contributed by atoms with Crippen molar-refractivity contribution < 1.29 is 8.42 Å². The van der Waals surface area contributed by atoms with Crippen LogP contribution in [-0.4, -0.2) is 36.8 Å². The van der Waals surface area contributed by atoms with Crippen molar-refractivity contribution in [3.8, 4) is 0 Å². The van der Waals surface area contributed by atoms with E-state index in [2.05, 4.69) is 6.92 Å². The fraction of sp³-hybridized carbons (Fsp3) is 0.500. The molecule has 0 unspecified atom stereocenters. The number of sulfonamides is 1. The molecule has 0 spiro atoms. The van der Waals surface area contributed by atoms with E-state index in [4.69, 9.17) is 0 Å². The third kappa shape index (κ3) is 2.84. The van der Waals surface area contributed by atoms with E-state index in [1.807, 2.05) is 30.8 Å². The van der Waals surface area contributed by atoms with Crippen molar-refractivity contribution in [2.45, 2.75) is 24.0 Å². The molecule has 1 saturated heterocycles. The first-order valence-corrected chi connectivity index (χ1v) is 8.17. The molecule has 5 heteroatoms. The zero-order valence-corrected chi connectivity index (χ0v) is 11.7. The first-order valence-electron chi connectivity index (χ1n) is 5.68. The molecule has 0 radical (unpaired) electrons. The van der Waals surface area contributed by atoms with Crippen LogP contribution in [0.25, 0.3) is 0 Å². The van der Waals surface area contributed by atoms with Crippen molar-refractivity contribution in [2.24, 2.45) is 0 Å². The fourth-order valence-corrected chi connectivity index (χ4v) is 4.62. The molecule has 0 saturated carbocycles. The van der Waals surface area contributed by atoms with Crippen LogP contribution < -0.4 is 0 Å². The van der Waals surface area contributed by atoms with Crippen molar-refractivity contribution >= 4 is 21.8 Å². The average molecular weight is 271 g/mol. The summed E-state index contributed by atoms with van der Waals surface area (Å²) in [6.07, 6.45) is 0. The molecule has 1 heterocycles. The van der Waals surface area contributed by atoms with Gasteiger partial charge < -0.3 is 0 Å². The summed E-state index contributed by atoms with van der Waals surface area (Å²) in [4.78, 5) is 0.405. The van der Waals surface area contributed by atoms with E-state index in [9.17, 15) is 8.42 Å². The highest BCUT2D eigenvalue weighted by Gasteiger charge is 2.28. The minimum Gasteiger partial charge on any atom is -0.207 e. The Morgan fingerprint density at radius 1 is 1.29 bits per heavy atom. The third-order valence-electron chi connectivity index (χ3n) is 2.86. The van der Waals surface area contributed by atoms with Crippen molar-refractivity contribution in [2.75, 3.05) is 18.8 Å². The van der Waals surface area contributed by atoms with Crippen molar-refractivity contribution in [1.82, 2.24) is 4.31 Å². The summed E-state index contributed by atoms with van der Waals surface area (Å²) in [7, 11) is -3.29. The van der Waals surface area contributed by atoms with E-state index < -0.39 is 10.0 Å². The van der Waals surface area contributed by atoms with Crippen molar-refractivity contribution in [3.63, 3.8) is 0 Å². The molecule has 0 amide bonds. The number of nitrogens with zero attached hydrogens (tertiary/aromatic N) is 1. The van der Waals surface area contributed by atoms with E-state index in [1.54, 1.807) is 16.4 Å². The summed E-state index contributed by atoms with van der Waals surface area (Å²) in [5, 5.41) is 0.379. The largest absolute Gasteiger partial charge is 0.243 e. The molecule has 0 aromatic heterocycles. The van der Waals surface area contributed by atoms with Crippen LogP contribution in [0.1, 0.15) is 12.5 Å². The number of hydrogen-bond donors (Lipinski definition) is 0. The Balaban J connectivity index is 2.26. The summed E-state index contributed by atoms with van der Waals surface area (Å²) in [6.45, 7) is 5.25. The average Bonchev–Trinajstić information content (AvgIpc) is 2.29. The predicted octanol–water partition coefficient (Wildman–Crippen LogP) is 2.12. The summed E-state index contributed by atoms with van der Waals surface area (Å²) >= 11 is 1.83. The normalized spacial score (nSPS) is 22.6. The van der Waals surface area contributed by atoms with Gasteiger partial charge in [-0.15, -0.1) is 0 Å². The molecule has 1 atom stereocenters. The quantitative estimate of drug-likeness (QED) is 0.827. The number of thioether (sulfide) groups is 1. The fourth-order valence-electron chi connectivity index (χ4n) is 1.86. The monoisotopic (exact) mass is 271 g/mol. The van der Waals surface area contributed by atoms with Crippen LogP contribution in [0.3, 0.4) is 0 Å². The highest BCUT2D eigenvalue weighted by atomic mass is 32.2. The van der Waals surface area contributed by atoms with Gasteiger partial charge in [0.15, 0.2) is 0 Å². The van der Waals surface area contributed by atoms with Gasteiger partial charge in [0.05, 0.1) is 4.90 Å². The van der Waals surface area contributed by atoms with Gasteiger partial charge in [0, 0.05) is 24.1 Å². The van der Waals surface area contributed by atoms with Gasteiger partial charge in [0.1, 0.15) is 0 Å². The molecule has 0 N–H and O–H groups in total. The third-order valence-corrected chi connectivity index (χ3v) is 5.88.